The molecular weight excluding hydrogens is 432 g/mol. The van der Waals surface area contributed by atoms with Crippen LogP contribution in [-0.2, 0) is 14.4 Å². The predicted molar refractivity (Wildman–Crippen MR) is 124 cm³/mol. The van der Waals surface area contributed by atoms with E-state index >= 15 is 0 Å². The highest BCUT2D eigenvalue weighted by molar-refractivity contribution is 7.86. The molecule has 0 aliphatic carbocycles. The van der Waals surface area contributed by atoms with E-state index in [4.69, 9.17) is 5.73 Å². The van der Waals surface area contributed by atoms with Crippen LogP contribution in [-0.4, -0.2) is 25.4 Å². The van der Waals surface area contributed by atoms with Crippen LogP contribution in [0.1, 0.15) is 0 Å². The van der Waals surface area contributed by atoms with Gasteiger partial charge in [0.2, 0.25) is 0 Å². The second-order valence-electron chi connectivity index (χ2n) is 6.96. The monoisotopic (exact) mass is 450 g/mol. The highest BCUT2D eigenvalue weighted by atomic mass is 32.2. The van der Waals surface area contributed by atoms with Gasteiger partial charge in [0.25, 0.3) is 0 Å². The molecule has 0 amide bonds. The summed E-state index contributed by atoms with van der Waals surface area (Å²) in [5.41, 5.74) is 13.4. The zero-order valence-corrected chi connectivity index (χ0v) is 18.0. The van der Waals surface area contributed by atoms with Crippen molar-refractivity contribution in [2.75, 3.05) is 12.8 Å². The lowest BCUT2D eigenvalue weighted by molar-refractivity contribution is 0.231. The fourth-order valence-corrected chi connectivity index (χ4v) is 5.57. The van der Waals surface area contributed by atoms with Crippen LogP contribution in [0.25, 0.3) is 43.2 Å². The van der Waals surface area contributed by atoms with Gasteiger partial charge >= 0.3 is 10.1 Å². The molecule has 5 aromatic rings. The van der Waals surface area contributed by atoms with E-state index in [9.17, 15) is 8.42 Å². The predicted octanol–water partition coefficient (Wildman–Crippen LogP) is 4.53. The molecule has 2 aromatic carbocycles. The first-order valence-electron chi connectivity index (χ1n) is 9.42. The lowest BCUT2D eigenvalue weighted by Crippen LogP contribution is -2.15. The molecule has 0 aliphatic heterocycles. The molecule has 0 aliphatic rings. The maximum absolute atomic E-state index is 12.1. The van der Waals surface area contributed by atoms with Crippen LogP contribution in [0.5, 0.6) is 0 Å². The lowest BCUT2D eigenvalue weighted by atomic mass is 10.0. The van der Waals surface area contributed by atoms with Gasteiger partial charge in [-0.3, -0.25) is 0 Å². The number of nitrogens with one attached hydrogen (secondary N) is 2. The Hall–Kier alpha value is -3.24. The van der Waals surface area contributed by atoms with E-state index in [1.807, 2.05) is 18.3 Å². The zero-order chi connectivity index (χ0) is 21.6. The van der Waals surface area contributed by atoms with E-state index < -0.39 is 10.1 Å². The van der Waals surface area contributed by atoms with Crippen LogP contribution >= 0.6 is 11.3 Å². The standard InChI is InChI=1S/C22H18N4O3S2/c1-24-29-31(27,28)16-5-2-13(3-6-16)17-11-26-22(23)20-18(12-30-21(17)20)14-4-7-19-15(10-14)8-9-25-19/h2-12,24-25H,1H3,(H2,23,26). The van der Waals surface area contributed by atoms with Crippen LogP contribution in [0.3, 0.4) is 0 Å². The molecule has 0 saturated heterocycles. The quantitative estimate of drug-likeness (QED) is 0.339. The number of hydrogen-bond acceptors (Lipinski definition) is 7. The summed E-state index contributed by atoms with van der Waals surface area (Å²) in [5.74, 6) is 0.464. The average molecular weight is 451 g/mol. The normalized spacial score (nSPS) is 12.0. The van der Waals surface area contributed by atoms with E-state index in [0.717, 1.165) is 43.2 Å². The number of anilines is 1. The topological polar surface area (TPSA) is 110 Å². The smallest absolute Gasteiger partial charge is 0.312 e. The van der Waals surface area contributed by atoms with Crippen molar-refractivity contribution in [3.05, 3.63) is 66.3 Å². The largest absolute Gasteiger partial charge is 0.383 e. The summed E-state index contributed by atoms with van der Waals surface area (Å²) in [4.78, 5) is 7.69. The summed E-state index contributed by atoms with van der Waals surface area (Å²) in [6.45, 7) is 0. The van der Waals surface area contributed by atoms with Crippen molar-refractivity contribution in [3.63, 3.8) is 0 Å². The molecule has 0 unspecified atom stereocenters. The van der Waals surface area contributed by atoms with Crippen LogP contribution < -0.4 is 11.2 Å². The van der Waals surface area contributed by atoms with Crippen molar-refractivity contribution in [3.8, 4) is 22.3 Å². The first-order chi connectivity index (χ1) is 15.0. The molecule has 9 heteroatoms. The minimum Gasteiger partial charge on any atom is -0.383 e. The van der Waals surface area contributed by atoms with Crippen molar-refractivity contribution in [1.82, 2.24) is 15.4 Å². The Morgan fingerprint density at radius 1 is 1.06 bits per heavy atom. The summed E-state index contributed by atoms with van der Waals surface area (Å²) in [5, 5.41) is 4.10. The van der Waals surface area contributed by atoms with Crippen molar-refractivity contribution in [1.29, 1.82) is 0 Å². The molecule has 0 bridgehead atoms. The number of hydroxylamine groups is 1. The minimum atomic E-state index is -3.85. The minimum absolute atomic E-state index is 0.0666. The van der Waals surface area contributed by atoms with E-state index in [1.165, 1.54) is 19.2 Å². The summed E-state index contributed by atoms with van der Waals surface area (Å²) in [7, 11) is -2.46. The summed E-state index contributed by atoms with van der Waals surface area (Å²) < 4.78 is 29.7. The number of thiophene rings is 1. The number of aromatic nitrogens is 2. The zero-order valence-electron chi connectivity index (χ0n) is 16.4. The molecule has 0 spiro atoms. The number of fused-ring (bicyclic) bond motifs is 2. The third-order valence-electron chi connectivity index (χ3n) is 5.14. The van der Waals surface area contributed by atoms with Crippen molar-refractivity contribution in [2.24, 2.45) is 0 Å². The molecule has 7 nitrogen and oxygen atoms in total. The highest BCUT2D eigenvalue weighted by Gasteiger charge is 2.18. The van der Waals surface area contributed by atoms with Gasteiger partial charge in [0.15, 0.2) is 0 Å². The third-order valence-corrected chi connectivity index (χ3v) is 7.38. The van der Waals surface area contributed by atoms with Gasteiger partial charge in [0, 0.05) is 46.2 Å². The molecule has 0 radical (unpaired) electrons. The van der Waals surface area contributed by atoms with Crippen LogP contribution in [0.4, 0.5) is 5.82 Å². The van der Waals surface area contributed by atoms with Gasteiger partial charge in [-0.25, -0.2) is 4.98 Å². The van der Waals surface area contributed by atoms with Gasteiger partial charge in [-0.05, 0) is 52.2 Å². The molecule has 156 valence electrons. The number of H-pyrrole nitrogens is 1. The highest BCUT2D eigenvalue weighted by Crippen LogP contribution is 2.42. The molecule has 0 atom stereocenters. The summed E-state index contributed by atoms with van der Waals surface area (Å²) in [6.07, 6.45) is 3.64. The molecule has 31 heavy (non-hydrogen) atoms. The van der Waals surface area contributed by atoms with Crippen molar-refractivity contribution >= 4 is 48.3 Å². The van der Waals surface area contributed by atoms with Crippen LogP contribution in [0, 0.1) is 0 Å². The molecule has 3 heterocycles. The first kappa shape index (κ1) is 19.7. The maximum atomic E-state index is 12.1. The Morgan fingerprint density at radius 2 is 1.84 bits per heavy atom. The number of benzene rings is 2. The van der Waals surface area contributed by atoms with E-state index in [1.54, 1.807) is 29.7 Å². The molecule has 4 N–H and O–H groups in total. The molecule has 3 aromatic heterocycles. The second-order valence-corrected chi connectivity index (χ2v) is 9.38. The molecule has 0 fully saturated rings. The van der Waals surface area contributed by atoms with Gasteiger partial charge in [-0.1, -0.05) is 18.2 Å². The molecular formula is C22H18N4O3S2. The molecule has 5 rings (SSSR count). The van der Waals surface area contributed by atoms with Gasteiger partial charge < -0.3 is 10.7 Å². The number of aromatic amines is 1. The Balaban J connectivity index is 1.62. The molecule has 0 saturated carbocycles. The van der Waals surface area contributed by atoms with Gasteiger partial charge in [0.1, 0.15) is 5.82 Å². The number of rotatable bonds is 5. The van der Waals surface area contributed by atoms with E-state index in [2.05, 4.69) is 37.2 Å². The van der Waals surface area contributed by atoms with Gasteiger partial charge in [0.05, 0.1) is 4.90 Å². The second kappa shape index (κ2) is 7.47. The van der Waals surface area contributed by atoms with Crippen LogP contribution in [0.15, 0.2) is 71.2 Å². The number of nitrogens with zero attached hydrogens (tertiary/aromatic N) is 1. The van der Waals surface area contributed by atoms with Gasteiger partial charge in [-0.2, -0.15) is 18.2 Å². The van der Waals surface area contributed by atoms with Crippen LogP contribution in [0.2, 0.25) is 0 Å². The summed E-state index contributed by atoms with van der Waals surface area (Å²) >= 11 is 1.59. The number of pyridine rings is 1. The van der Waals surface area contributed by atoms with Crippen molar-refractivity contribution in [2.45, 2.75) is 4.90 Å². The van der Waals surface area contributed by atoms with Gasteiger partial charge in [-0.15, -0.1) is 11.3 Å². The Morgan fingerprint density at radius 3 is 2.61 bits per heavy atom. The maximum Gasteiger partial charge on any atom is 0.312 e. The fourth-order valence-electron chi connectivity index (χ4n) is 3.67. The van der Waals surface area contributed by atoms with E-state index in [0.29, 0.717) is 5.82 Å². The number of nitrogen functional groups attached to an aromatic ring is 1. The summed E-state index contributed by atoms with van der Waals surface area (Å²) in [6, 6.07) is 14.8. The van der Waals surface area contributed by atoms with E-state index in [-0.39, 0.29) is 4.90 Å². The Bertz CT molecular complexity index is 1520. The lowest BCUT2D eigenvalue weighted by Gasteiger charge is -2.08. The SMILES string of the molecule is CNOS(=O)(=O)c1ccc(-c2cnc(N)c3c(-c4ccc5[nH]ccc5c4)csc23)cc1. The average Bonchev–Trinajstić information content (AvgIpc) is 3.41. The Labute approximate surface area is 182 Å². The first-order valence-corrected chi connectivity index (χ1v) is 11.7. The number of hydrogen-bond donors (Lipinski definition) is 3. The Kier molecular flexibility index (Phi) is 4.75. The fraction of sp³-hybridized carbons (Fsp3) is 0.0455. The number of nitrogens with two attached hydrogens (primary N) is 1. The van der Waals surface area contributed by atoms with Crippen molar-refractivity contribution < 1.29 is 12.7 Å². The third kappa shape index (κ3) is 3.37.